The number of hydrogen-bond acceptors (Lipinski definition) is 2. The van der Waals surface area contributed by atoms with Crippen molar-refractivity contribution in [3.8, 4) is 5.69 Å². The summed E-state index contributed by atoms with van der Waals surface area (Å²) in [5, 5.41) is 9.62. The van der Waals surface area contributed by atoms with Crippen LogP contribution in [-0.2, 0) is 6.54 Å². The first kappa shape index (κ1) is 13.2. The van der Waals surface area contributed by atoms with Crippen LogP contribution in [0.1, 0.15) is 12.5 Å². The SMILES string of the molecule is CCNCc1ccc(-n2ncc3ccccc32)cc1Cl. The lowest BCUT2D eigenvalue weighted by molar-refractivity contribution is 0.726. The number of hydrogen-bond donors (Lipinski definition) is 1. The summed E-state index contributed by atoms with van der Waals surface area (Å²) in [6, 6.07) is 14.2. The van der Waals surface area contributed by atoms with Gasteiger partial charge in [-0.2, -0.15) is 5.10 Å². The normalized spacial score (nSPS) is 11.1. The van der Waals surface area contributed by atoms with E-state index >= 15 is 0 Å². The fourth-order valence-corrected chi connectivity index (χ4v) is 2.49. The van der Waals surface area contributed by atoms with Crippen LogP contribution >= 0.6 is 11.6 Å². The third kappa shape index (κ3) is 2.42. The zero-order valence-electron chi connectivity index (χ0n) is 11.3. The number of benzene rings is 2. The highest BCUT2D eigenvalue weighted by Gasteiger charge is 2.07. The highest BCUT2D eigenvalue weighted by molar-refractivity contribution is 6.31. The van der Waals surface area contributed by atoms with Gasteiger partial charge in [-0.15, -0.1) is 0 Å². The fraction of sp³-hybridized carbons (Fsp3) is 0.188. The standard InChI is InChI=1S/C16H16ClN3/c1-2-18-10-12-7-8-14(9-15(12)17)20-16-6-4-3-5-13(16)11-19-20/h3-9,11,18H,2,10H2,1H3. The molecule has 3 aromatic rings. The molecule has 0 aliphatic rings. The monoisotopic (exact) mass is 285 g/mol. The van der Waals surface area contributed by atoms with Gasteiger partial charge in [0, 0.05) is 17.0 Å². The first-order valence-corrected chi connectivity index (χ1v) is 7.09. The lowest BCUT2D eigenvalue weighted by atomic mass is 10.2. The van der Waals surface area contributed by atoms with Crippen LogP contribution in [-0.4, -0.2) is 16.3 Å². The van der Waals surface area contributed by atoms with Crippen LogP contribution in [0.2, 0.25) is 5.02 Å². The van der Waals surface area contributed by atoms with Crippen molar-refractivity contribution >= 4 is 22.5 Å². The maximum atomic E-state index is 6.35. The number of aromatic nitrogens is 2. The Hall–Kier alpha value is -1.84. The first-order chi connectivity index (χ1) is 9.79. The summed E-state index contributed by atoms with van der Waals surface area (Å²) in [6.07, 6.45) is 1.87. The molecule has 0 fully saturated rings. The van der Waals surface area contributed by atoms with Crippen LogP contribution < -0.4 is 5.32 Å². The van der Waals surface area contributed by atoms with Gasteiger partial charge in [-0.3, -0.25) is 0 Å². The van der Waals surface area contributed by atoms with Crippen molar-refractivity contribution in [3.05, 3.63) is 59.2 Å². The second-order valence-electron chi connectivity index (χ2n) is 4.67. The molecule has 0 saturated carbocycles. The number of rotatable bonds is 4. The van der Waals surface area contributed by atoms with E-state index in [0.29, 0.717) is 0 Å². The van der Waals surface area contributed by atoms with Gasteiger partial charge >= 0.3 is 0 Å². The molecule has 2 aromatic carbocycles. The van der Waals surface area contributed by atoms with Crippen LogP contribution in [0.15, 0.2) is 48.7 Å². The molecular weight excluding hydrogens is 270 g/mol. The topological polar surface area (TPSA) is 29.9 Å². The summed E-state index contributed by atoms with van der Waals surface area (Å²) in [7, 11) is 0. The van der Waals surface area contributed by atoms with Crippen molar-refractivity contribution in [1.29, 1.82) is 0 Å². The smallest absolute Gasteiger partial charge is 0.0741 e. The Morgan fingerprint density at radius 3 is 2.85 bits per heavy atom. The Kier molecular flexibility index (Phi) is 3.72. The van der Waals surface area contributed by atoms with Gasteiger partial charge in [-0.1, -0.05) is 42.8 Å². The average Bonchev–Trinajstić information content (AvgIpc) is 2.90. The zero-order valence-corrected chi connectivity index (χ0v) is 12.1. The Balaban J connectivity index is 2.00. The number of nitrogens with zero attached hydrogens (tertiary/aromatic N) is 2. The van der Waals surface area contributed by atoms with Crippen molar-refractivity contribution in [2.75, 3.05) is 6.54 Å². The predicted octanol–water partition coefficient (Wildman–Crippen LogP) is 3.79. The molecule has 0 aliphatic carbocycles. The summed E-state index contributed by atoms with van der Waals surface area (Å²) in [6.45, 7) is 3.80. The summed E-state index contributed by atoms with van der Waals surface area (Å²) >= 11 is 6.35. The van der Waals surface area contributed by atoms with E-state index in [4.69, 9.17) is 11.6 Å². The molecule has 4 heteroatoms. The number of para-hydroxylation sites is 1. The molecule has 3 rings (SSSR count). The minimum absolute atomic E-state index is 0.767. The molecule has 0 unspecified atom stereocenters. The highest BCUT2D eigenvalue weighted by Crippen LogP contribution is 2.23. The van der Waals surface area contributed by atoms with Gasteiger partial charge in [-0.25, -0.2) is 4.68 Å². The van der Waals surface area contributed by atoms with E-state index in [9.17, 15) is 0 Å². The molecule has 0 amide bonds. The second kappa shape index (κ2) is 5.65. The van der Waals surface area contributed by atoms with Gasteiger partial charge in [-0.05, 0) is 30.3 Å². The number of nitrogens with one attached hydrogen (secondary N) is 1. The van der Waals surface area contributed by atoms with Crippen molar-refractivity contribution < 1.29 is 0 Å². The van der Waals surface area contributed by atoms with E-state index < -0.39 is 0 Å². The van der Waals surface area contributed by atoms with Gasteiger partial charge in [0.05, 0.1) is 17.4 Å². The average molecular weight is 286 g/mol. The van der Waals surface area contributed by atoms with Crippen molar-refractivity contribution in [2.24, 2.45) is 0 Å². The predicted molar refractivity (Wildman–Crippen MR) is 83.5 cm³/mol. The molecular formula is C16H16ClN3. The minimum atomic E-state index is 0.767. The summed E-state index contributed by atoms with van der Waals surface area (Å²) in [5.74, 6) is 0. The molecule has 102 valence electrons. The van der Waals surface area contributed by atoms with Gasteiger partial charge in [0.25, 0.3) is 0 Å². The van der Waals surface area contributed by atoms with Crippen molar-refractivity contribution in [3.63, 3.8) is 0 Å². The Labute approximate surface area is 123 Å². The number of fused-ring (bicyclic) bond motifs is 1. The Morgan fingerprint density at radius 2 is 2.05 bits per heavy atom. The summed E-state index contributed by atoms with van der Waals surface area (Å²) in [4.78, 5) is 0. The van der Waals surface area contributed by atoms with Crippen LogP contribution in [0.3, 0.4) is 0 Å². The third-order valence-electron chi connectivity index (χ3n) is 3.32. The summed E-state index contributed by atoms with van der Waals surface area (Å²) < 4.78 is 1.91. The van der Waals surface area contributed by atoms with Gasteiger partial charge < -0.3 is 5.32 Å². The number of halogens is 1. The molecule has 1 aromatic heterocycles. The summed E-state index contributed by atoms with van der Waals surface area (Å²) in [5.41, 5.74) is 3.17. The van der Waals surface area contributed by atoms with Crippen molar-refractivity contribution in [1.82, 2.24) is 15.1 Å². The second-order valence-corrected chi connectivity index (χ2v) is 5.08. The highest BCUT2D eigenvalue weighted by atomic mass is 35.5. The lowest BCUT2D eigenvalue weighted by Gasteiger charge is -2.08. The molecule has 0 bridgehead atoms. The van der Waals surface area contributed by atoms with Crippen molar-refractivity contribution in [2.45, 2.75) is 13.5 Å². The Bertz CT molecular complexity index is 733. The van der Waals surface area contributed by atoms with E-state index in [1.807, 2.05) is 29.1 Å². The van der Waals surface area contributed by atoms with Crippen LogP contribution in [0.4, 0.5) is 0 Å². The van der Waals surface area contributed by atoms with Crippen LogP contribution in [0, 0.1) is 0 Å². The van der Waals surface area contributed by atoms with E-state index in [-0.39, 0.29) is 0 Å². The van der Waals surface area contributed by atoms with E-state index in [1.165, 1.54) is 0 Å². The third-order valence-corrected chi connectivity index (χ3v) is 3.68. The molecule has 3 nitrogen and oxygen atoms in total. The Morgan fingerprint density at radius 1 is 1.20 bits per heavy atom. The van der Waals surface area contributed by atoms with Gasteiger partial charge in [0.1, 0.15) is 0 Å². The van der Waals surface area contributed by atoms with Gasteiger partial charge in [0.15, 0.2) is 0 Å². The first-order valence-electron chi connectivity index (χ1n) is 6.72. The maximum Gasteiger partial charge on any atom is 0.0741 e. The molecule has 0 radical (unpaired) electrons. The molecule has 20 heavy (non-hydrogen) atoms. The lowest BCUT2D eigenvalue weighted by Crippen LogP contribution is -2.12. The largest absolute Gasteiger partial charge is 0.313 e. The molecule has 0 spiro atoms. The van der Waals surface area contributed by atoms with Crippen LogP contribution in [0.25, 0.3) is 16.6 Å². The van der Waals surface area contributed by atoms with E-state index in [2.05, 4.69) is 41.6 Å². The molecule has 0 saturated heterocycles. The zero-order chi connectivity index (χ0) is 13.9. The van der Waals surface area contributed by atoms with Gasteiger partial charge in [0.2, 0.25) is 0 Å². The maximum absolute atomic E-state index is 6.35. The molecule has 0 atom stereocenters. The molecule has 1 N–H and O–H groups in total. The van der Waals surface area contributed by atoms with E-state index in [0.717, 1.165) is 40.3 Å². The fourth-order valence-electron chi connectivity index (χ4n) is 2.25. The minimum Gasteiger partial charge on any atom is -0.313 e. The molecule has 1 heterocycles. The quantitative estimate of drug-likeness (QED) is 0.790. The molecule has 0 aliphatic heterocycles. The van der Waals surface area contributed by atoms with Crippen LogP contribution in [0.5, 0.6) is 0 Å². The van der Waals surface area contributed by atoms with E-state index in [1.54, 1.807) is 0 Å².